The molecule has 0 spiro atoms. The summed E-state index contributed by atoms with van der Waals surface area (Å²) in [5.74, 6) is -0.565. The topological polar surface area (TPSA) is 97.6 Å². The predicted octanol–water partition coefficient (Wildman–Crippen LogP) is 1.71. The van der Waals surface area contributed by atoms with Crippen molar-refractivity contribution in [1.29, 1.82) is 0 Å². The van der Waals surface area contributed by atoms with Crippen molar-refractivity contribution >= 4 is 27.2 Å². The molecule has 1 atom stereocenters. The summed E-state index contributed by atoms with van der Waals surface area (Å²) in [7, 11) is 0.791. The van der Waals surface area contributed by atoms with Gasteiger partial charge in [0.25, 0.3) is 0 Å². The number of cyclic esters (lactones) is 1. The number of rotatable bonds is 6. The molecule has 166 valence electrons. The molecule has 9 nitrogen and oxygen atoms in total. The molecule has 1 aromatic heterocycles. The van der Waals surface area contributed by atoms with Crippen LogP contribution in [0.3, 0.4) is 0 Å². The Morgan fingerprint density at radius 1 is 1.32 bits per heavy atom. The van der Waals surface area contributed by atoms with E-state index < -0.39 is 27.9 Å². The predicted molar refractivity (Wildman–Crippen MR) is 113 cm³/mol. The van der Waals surface area contributed by atoms with E-state index >= 15 is 0 Å². The molecule has 11 heteroatoms. The van der Waals surface area contributed by atoms with E-state index in [1.54, 1.807) is 22.9 Å². The van der Waals surface area contributed by atoms with Crippen molar-refractivity contribution in [2.45, 2.75) is 25.6 Å². The molecule has 1 saturated heterocycles. The zero-order valence-corrected chi connectivity index (χ0v) is 18.2. The highest BCUT2D eigenvalue weighted by molar-refractivity contribution is 7.91. The third-order valence-electron chi connectivity index (χ3n) is 5.21. The van der Waals surface area contributed by atoms with Crippen molar-refractivity contribution in [3.63, 3.8) is 0 Å². The Balaban J connectivity index is 1.44. The first kappa shape index (κ1) is 21.4. The van der Waals surface area contributed by atoms with Crippen molar-refractivity contribution in [3.05, 3.63) is 47.5 Å². The lowest BCUT2D eigenvalue weighted by Crippen LogP contribution is -2.26. The van der Waals surface area contributed by atoms with Gasteiger partial charge in [0, 0.05) is 18.3 Å². The number of carbonyl (C=O) groups is 1. The van der Waals surface area contributed by atoms with Crippen LogP contribution in [0.15, 0.2) is 30.5 Å². The van der Waals surface area contributed by atoms with Crippen LogP contribution in [0.5, 0.6) is 0 Å². The van der Waals surface area contributed by atoms with Crippen molar-refractivity contribution in [2.24, 2.45) is 0 Å². The average Bonchev–Trinajstić information content (AvgIpc) is 3.28. The Morgan fingerprint density at radius 2 is 2.13 bits per heavy atom. The number of allylic oxidation sites excluding steroid dienone is 1. The number of amides is 1. The van der Waals surface area contributed by atoms with Crippen LogP contribution in [-0.4, -0.2) is 72.7 Å². The fourth-order valence-corrected chi connectivity index (χ4v) is 4.87. The Kier molecular flexibility index (Phi) is 5.80. The quantitative estimate of drug-likeness (QED) is 0.662. The average molecular weight is 450 g/mol. The summed E-state index contributed by atoms with van der Waals surface area (Å²) >= 11 is 0. The number of hydrogen-bond donors (Lipinski definition) is 0. The van der Waals surface area contributed by atoms with E-state index in [2.05, 4.69) is 10.3 Å². The minimum absolute atomic E-state index is 0.0126. The van der Waals surface area contributed by atoms with Gasteiger partial charge in [0.15, 0.2) is 9.84 Å². The molecule has 1 amide bonds. The van der Waals surface area contributed by atoms with Gasteiger partial charge in [-0.3, -0.25) is 4.90 Å². The highest BCUT2D eigenvalue weighted by Gasteiger charge is 2.33. The summed E-state index contributed by atoms with van der Waals surface area (Å²) in [6, 6.07) is 4.52. The van der Waals surface area contributed by atoms with Gasteiger partial charge in [-0.25, -0.2) is 22.3 Å². The lowest BCUT2D eigenvalue weighted by atomic mass is 10.0. The number of carbonyl (C=O) groups excluding carboxylic acids is 1. The highest BCUT2D eigenvalue weighted by Crippen LogP contribution is 2.30. The SMILES string of the molecule is CN(C)Cc1cn(CC2CN(c3ccc(C4=CCS(=O)(=O)CC4)c(F)c3)C(=O)O2)nn1. The van der Waals surface area contributed by atoms with E-state index in [0.717, 1.165) is 5.69 Å². The molecular weight excluding hydrogens is 425 g/mol. The molecule has 31 heavy (non-hydrogen) atoms. The number of sulfone groups is 1. The third-order valence-corrected chi connectivity index (χ3v) is 6.71. The zero-order valence-electron chi connectivity index (χ0n) is 17.4. The third kappa shape index (κ3) is 4.93. The number of hydrogen-bond acceptors (Lipinski definition) is 7. The van der Waals surface area contributed by atoms with Gasteiger partial charge >= 0.3 is 6.09 Å². The molecule has 1 aromatic carbocycles. The van der Waals surface area contributed by atoms with E-state index in [0.29, 0.717) is 29.9 Å². The molecule has 0 saturated carbocycles. The summed E-state index contributed by atoms with van der Waals surface area (Å²) in [6.07, 6.45) is 2.66. The Bertz CT molecular complexity index is 1130. The number of aromatic nitrogens is 3. The maximum absolute atomic E-state index is 14.8. The van der Waals surface area contributed by atoms with Gasteiger partial charge in [-0.2, -0.15) is 0 Å². The monoisotopic (exact) mass is 449 g/mol. The number of halogens is 1. The minimum atomic E-state index is -3.08. The van der Waals surface area contributed by atoms with Crippen LogP contribution in [0.1, 0.15) is 17.7 Å². The lowest BCUT2D eigenvalue weighted by molar-refractivity contribution is 0.129. The van der Waals surface area contributed by atoms with E-state index in [4.69, 9.17) is 4.74 Å². The highest BCUT2D eigenvalue weighted by atomic mass is 32.2. The molecule has 3 heterocycles. The van der Waals surface area contributed by atoms with Crippen molar-refractivity contribution < 1.29 is 22.3 Å². The second-order valence-corrected chi connectivity index (χ2v) is 10.3. The maximum atomic E-state index is 14.8. The lowest BCUT2D eigenvalue weighted by Gasteiger charge is -2.17. The number of anilines is 1. The van der Waals surface area contributed by atoms with Crippen LogP contribution in [0.25, 0.3) is 5.57 Å². The van der Waals surface area contributed by atoms with Crippen LogP contribution in [0.4, 0.5) is 14.9 Å². The minimum Gasteiger partial charge on any atom is -0.442 e. The first-order chi connectivity index (χ1) is 14.7. The van der Waals surface area contributed by atoms with Crippen LogP contribution >= 0.6 is 0 Å². The first-order valence-electron chi connectivity index (χ1n) is 9.91. The van der Waals surface area contributed by atoms with Crippen molar-refractivity contribution in [3.8, 4) is 0 Å². The van der Waals surface area contributed by atoms with E-state index in [-0.39, 0.29) is 24.5 Å². The molecule has 0 bridgehead atoms. The summed E-state index contributed by atoms with van der Waals surface area (Å²) in [5.41, 5.74) is 2.23. The molecule has 0 radical (unpaired) electrons. The molecular formula is C20H24FN5O4S. The molecule has 0 N–H and O–H groups in total. The van der Waals surface area contributed by atoms with Gasteiger partial charge in [-0.15, -0.1) is 5.10 Å². The molecule has 1 unspecified atom stereocenters. The maximum Gasteiger partial charge on any atom is 0.414 e. The summed E-state index contributed by atoms with van der Waals surface area (Å²) < 4.78 is 45.0. The van der Waals surface area contributed by atoms with Crippen LogP contribution in [-0.2, 0) is 27.7 Å². The van der Waals surface area contributed by atoms with Crippen molar-refractivity contribution in [2.75, 3.05) is 37.0 Å². The molecule has 2 aliphatic rings. The largest absolute Gasteiger partial charge is 0.442 e. The number of ether oxygens (including phenoxy) is 1. The zero-order chi connectivity index (χ0) is 22.2. The Labute approximate surface area is 180 Å². The van der Waals surface area contributed by atoms with Gasteiger partial charge in [0.1, 0.15) is 11.9 Å². The number of benzene rings is 1. The van der Waals surface area contributed by atoms with E-state index in [9.17, 15) is 17.6 Å². The number of nitrogens with zero attached hydrogens (tertiary/aromatic N) is 5. The van der Waals surface area contributed by atoms with Gasteiger partial charge in [0.2, 0.25) is 0 Å². The smallest absolute Gasteiger partial charge is 0.414 e. The molecule has 2 aromatic rings. The first-order valence-corrected chi connectivity index (χ1v) is 11.7. The van der Waals surface area contributed by atoms with Gasteiger partial charge in [0.05, 0.1) is 36.0 Å². The standard InChI is InChI=1S/C20H24FN5O4S/c1-24(2)10-15-11-25(23-22-15)12-17-13-26(20(27)30-17)16-3-4-18(19(21)9-16)14-5-7-31(28,29)8-6-14/h3-5,9,11,17H,6-8,10,12-13H2,1-2H3. The van der Waals surface area contributed by atoms with E-state index in [1.807, 2.05) is 25.2 Å². The second kappa shape index (κ2) is 8.39. The Hall–Kier alpha value is -2.79. The second-order valence-electron chi connectivity index (χ2n) is 8.04. The van der Waals surface area contributed by atoms with Gasteiger partial charge < -0.3 is 9.64 Å². The summed E-state index contributed by atoms with van der Waals surface area (Å²) in [6.45, 7) is 1.27. The molecule has 0 aliphatic carbocycles. The van der Waals surface area contributed by atoms with Crippen molar-refractivity contribution in [1.82, 2.24) is 19.9 Å². The normalized spacial score (nSPS) is 20.8. The van der Waals surface area contributed by atoms with Gasteiger partial charge in [-0.1, -0.05) is 11.3 Å². The summed E-state index contributed by atoms with van der Waals surface area (Å²) in [4.78, 5) is 15.7. The van der Waals surface area contributed by atoms with E-state index in [1.165, 1.54) is 11.0 Å². The fraction of sp³-hybridized carbons (Fsp3) is 0.450. The fourth-order valence-electron chi connectivity index (χ4n) is 3.72. The Morgan fingerprint density at radius 3 is 2.81 bits per heavy atom. The van der Waals surface area contributed by atoms with Crippen LogP contribution < -0.4 is 4.90 Å². The summed E-state index contributed by atoms with van der Waals surface area (Å²) in [5, 5.41) is 8.16. The molecule has 4 rings (SSSR count). The molecule has 1 fully saturated rings. The van der Waals surface area contributed by atoms with Crippen LogP contribution in [0.2, 0.25) is 0 Å². The van der Waals surface area contributed by atoms with Gasteiger partial charge in [-0.05, 0) is 44.3 Å². The molecule has 2 aliphatic heterocycles. The van der Waals surface area contributed by atoms with Crippen LogP contribution in [0, 0.1) is 5.82 Å².